The molecule has 0 bridgehead atoms. The van der Waals surface area contributed by atoms with Crippen molar-refractivity contribution in [2.24, 2.45) is 5.92 Å². The molecule has 23 heavy (non-hydrogen) atoms. The van der Waals surface area contributed by atoms with Crippen molar-refractivity contribution in [2.45, 2.75) is 24.0 Å². The van der Waals surface area contributed by atoms with Crippen molar-refractivity contribution in [3.8, 4) is 0 Å². The molecule has 3 rings (SSSR count). The molecule has 0 aliphatic carbocycles. The number of rotatable bonds is 4. The highest BCUT2D eigenvalue weighted by Gasteiger charge is 2.19. The summed E-state index contributed by atoms with van der Waals surface area (Å²) in [5, 5.41) is 0. The van der Waals surface area contributed by atoms with Gasteiger partial charge in [0.25, 0.3) is 10.0 Å². The first kappa shape index (κ1) is 16.5. The minimum absolute atomic E-state index is 0.191. The fraction of sp³-hybridized carbons (Fsp3) is 0.400. The van der Waals surface area contributed by atoms with Gasteiger partial charge >= 0.3 is 0 Å². The van der Waals surface area contributed by atoms with E-state index in [1.165, 1.54) is 6.07 Å². The zero-order valence-electron chi connectivity index (χ0n) is 12.7. The molecule has 0 amide bonds. The lowest BCUT2D eigenvalue weighted by atomic mass is 9.99. The second-order valence-electron chi connectivity index (χ2n) is 5.74. The average Bonchev–Trinajstić information content (AvgIpc) is 2.96. The number of aromatic nitrogens is 1. The lowest BCUT2D eigenvalue weighted by molar-refractivity contribution is 0.436. The molecule has 8 heteroatoms. The van der Waals surface area contributed by atoms with Crippen LogP contribution in [-0.4, -0.2) is 26.5 Å². The van der Waals surface area contributed by atoms with Gasteiger partial charge in [-0.2, -0.15) is 0 Å². The molecule has 124 valence electrons. The predicted octanol–water partition coefficient (Wildman–Crippen LogP) is 3.83. The molecule has 0 saturated carbocycles. The number of hydrogen-bond acceptors (Lipinski definition) is 5. The van der Waals surface area contributed by atoms with Gasteiger partial charge in [-0.25, -0.2) is 13.4 Å². The Balaban J connectivity index is 1.70. The molecule has 1 saturated heterocycles. The number of nitrogens with zero attached hydrogens (tertiary/aromatic N) is 2. The van der Waals surface area contributed by atoms with E-state index in [1.54, 1.807) is 18.3 Å². The molecule has 1 aliphatic rings. The summed E-state index contributed by atoms with van der Waals surface area (Å²) in [6.07, 6.45) is 3.88. The van der Waals surface area contributed by atoms with Crippen LogP contribution in [0.4, 0.5) is 11.5 Å². The maximum Gasteiger partial charge on any atom is 0.271 e. The van der Waals surface area contributed by atoms with Crippen LogP contribution in [0.2, 0.25) is 4.34 Å². The predicted molar refractivity (Wildman–Crippen MR) is 95.0 cm³/mol. The highest BCUT2D eigenvalue weighted by molar-refractivity contribution is 7.94. The summed E-state index contributed by atoms with van der Waals surface area (Å²) in [5.74, 6) is 1.65. The number of sulfonamides is 1. The summed E-state index contributed by atoms with van der Waals surface area (Å²) in [4.78, 5) is 6.62. The normalized spacial score (nSPS) is 16.5. The fourth-order valence-electron chi connectivity index (χ4n) is 2.52. The van der Waals surface area contributed by atoms with Crippen LogP contribution in [0.25, 0.3) is 0 Å². The first-order chi connectivity index (χ1) is 10.9. The molecule has 1 fully saturated rings. The maximum atomic E-state index is 12.2. The molecule has 0 unspecified atom stereocenters. The molecule has 5 nitrogen and oxygen atoms in total. The smallest absolute Gasteiger partial charge is 0.271 e. The van der Waals surface area contributed by atoms with Crippen molar-refractivity contribution in [2.75, 3.05) is 22.7 Å². The van der Waals surface area contributed by atoms with Gasteiger partial charge in [0.1, 0.15) is 10.0 Å². The highest BCUT2D eigenvalue weighted by Crippen LogP contribution is 2.28. The third kappa shape index (κ3) is 3.97. The molecule has 2 aromatic rings. The van der Waals surface area contributed by atoms with Crippen LogP contribution >= 0.6 is 22.9 Å². The van der Waals surface area contributed by atoms with Crippen molar-refractivity contribution in [1.82, 2.24) is 4.98 Å². The van der Waals surface area contributed by atoms with E-state index in [-0.39, 0.29) is 4.21 Å². The van der Waals surface area contributed by atoms with Gasteiger partial charge in [-0.05, 0) is 43.0 Å². The Morgan fingerprint density at radius 2 is 2.00 bits per heavy atom. The number of pyridine rings is 1. The van der Waals surface area contributed by atoms with Gasteiger partial charge in [0.2, 0.25) is 0 Å². The number of piperidine rings is 1. The largest absolute Gasteiger partial charge is 0.357 e. The van der Waals surface area contributed by atoms with Crippen LogP contribution in [0.3, 0.4) is 0 Å². The molecular weight excluding hydrogens is 354 g/mol. The van der Waals surface area contributed by atoms with Gasteiger partial charge in [0, 0.05) is 13.1 Å². The summed E-state index contributed by atoms with van der Waals surface area (Å²) in [6, 6.07) is 6.66. The molecule has 0 spiro atoms. The Morgan fingerprint density at radius 3 is 2.57 bits per heavy atom. The fourth-order valence-corrected chi connectivity index (χ4v) is 5.04. The van der Waals surface area contributed by atoms with Gasteiger partial charge < -0.3 is 4.90 Å². The van der Waals surface area contributed by atoms with Crippen LogP contribution in [0.15, 0.2) is 34.7 Å². The van der Waals surface area contributed by atoms with E-state index in [2.05, 4.69) is 21.5 Å². The van der Waals surface area contributed by atoms with Crippen LogP contribution in [-0.2, 0) is 10.0 Å². The molecule has 3 heterocycles. The van der Waals surface area contributed by atoms with Gasteiger partial charge in [0.15, 0.2) is 0 Å². The molecule has 0 atom stereocenters. The molecule has 0 radical (unpaired) electrons. The lowest BCUT2D eigenvalue weighted by Crippen LogP contribution is -2.33. The van der Waals surface area contributed by atoms with Crippen molar-refractivity contribution in [3.63, 3.8) is 0 Å². The third-order valence-corrected chi connectivity index (χ3v) is 7.03. The first-order valence-corrected chi connectivity index (χ1v) is 10.1. The molecular formula is C15H18ClN3O2S2. The highest BCUT2D eigenvalue weighted by atomic mass is 35.5. The van der Waals surface area contributed by atoms with E-state index < -0.39 is 10.0 Å². The van der Waals surface area contributed by atoms with E-state index in [9.17, 15) is 8.42 Å². The Bertz CT molecular complexity index is 766. The average molecular weight is 372 g/mol. The summed E-state index contributed by atoms with van der Waals surface area (Å²) >= 11 is 6.82. The van der Waals surface area contributed by atoms with Gasteiger partial charge in [-0.3, -0.25) is 4.72 Å². The number of halogens is 1. The number of anilines is 2. The Kier molecular flexibility index (Phi) is 4.79. The summed E-state index contributed by atoms with van der Waals surface area (Å²) in [5.41, 5.74) is 0.448. The van der Waals surface area contributed by atoms with Crippen molar-refractivity contribution < 1.29 is 8.42 Å². The Hall–Kier alpha value is -1.31. The van der Waals surface area contributed by atoms with E-state index in [0.29, 0.717) is 10.0 Å². The minimum Gasteiger partial charge on any atom is -0.357 e. The first-order valence-electron chi connectivity index (χ1n) is 7.43. The van der Waals surface area contributed by atoms with Crippen LogP contribution in [0.1, 0.15) is 19.8 Å². The van der Waals surface area contributed by atoms with Gasteiger partial charge in [0.05, 0.1) is 16.2 Å². The second kappa shape index (κ2) is 6.67. The topological polar surface area (TPSA) is 62.3 Å². The van der Waals surface area contributed by atoms with E-state index >= 15 is 0 Å². The zero-order chi connectivity index (χ0) is 16.4. The summed E-state index contributed by atoms with van der Waals surface area (Å²) < 4.78 is 27.6. The lowest BCUT2D eigenvalue weighted by Gasteiger charge is -2.31. The summed E-state index contributed by atoms with van der Waals surface area (Å²) in [6.45, 7) is 4.25. The molecule has 1 aliphatic heterocycles. The van der Waals surface area contributed by atoms with Gasteiger partial charge in [-0.15, -0.1) is 11.3 Å². The molecule has 1 N–H and O–H groups in total. The summed E-state index contributed by atoms with van der Waals surface area (Å²) in [7, 11) is -3.61. The minimum atomic E-state index is -3.61. The number of hydrogen-bond donors (Lipinski definition) is 1. The van der Waals surface area contributed by atoms with Crippen LogP contribution in [0, 0.1) is 5.92 Å². The number of nitrogens with one attached hydrogen (secondary N) is 1. The van der Waals surface area contributed by atoms with E-state index in [4.69, 9.17) is 11.6 Å². The molecule has 0 aromatic carbocycles. The number of thiophene rings is 1. The monoisotopic (exact) mass is 371 g/mol. The Morgan fingerprint density at radius 1 is 1.26 bits per heavy atom. The van der Waals surface area contributed by atoms with Crippen LogP contribution < -0.4 is 9.62 Å². The quantitative estimate of drug-likeness (QED) is 0.887. The van der Waals surface area contributed by atoms with Crippen LogP contribution in [0.5, 0.6) is 0 Å². The van der Waals surface area contributed by atoms with Crippen molar-refractivity contribution in [3.05, 3.63) is 34.8 Å². The SMILES string of the molecule is CC1CCN(c2ccc(NS(=O)(=O)c3ccc(Cl)s3)cn2)CC1. The molecule has 2 aromatic heterocycles. The van der Waals surface area contributed by atoms with E-state index in [1.807, 2.05) is 6.07 Å². The van der Waals surface area contributed by atoms with Gasteiger partial charge in [-0.1, -0.05) is 18.5 Å². The third-order valence-electron chi connectivity index (χ3n) is 3.92. The van der Waals surface area contributed by atoms with Crippen molar-refractivity contribution in [1.29, 1.82) is 0 Å². The zero-order valence-corrected chi connectivity index (χ0v) is 15.1. The van der Waals surface area contributed by atoms with E-state index in [0.717, 1.165) is 49.0 Å². The second-order valence-corrected chi connectivity index (χ2v) is 9.36. The Labute approximate surface area is 145 Å². The maximum absolute atomic E-state index is 12.2. The standard InChI is InChI=1S/C15H18ClN3O2S2/c1-11-6-8-19(9-7-11)14-4-2-12(10-17-14)18-23(20,21)15-5-3-13(16)22-15/h2-5,10-11,18H,6-9H2,1H3. The van der Waals surface area contributed by atoms with Crippen molar-refractivity contribution >= 4 is 44.5 Å².